The predicted molar refractivity (Wildman–Crippen MR) is 144 cm³/mol. The van der Waals surface area contributed by atoms with Gasteiger partial charge < -0.3 is 21.0 Å². The summed E-state index contributed by atoms with van der Waals surface area (Å²) in [5, 5.41) is 6.36. The summed E-state index contributed by atoms with van der Waals surface area (Å²) in [5.74, 6) is 0.870. The first-order valence-electron chi connectivity index (χ1n) is 12.0. The number of nitrogens with zero attached hydrogens (tertiary/aromatic N) is 3. The predicted octanol–water partition coefficient (Wildman–Crippen LogP) is 5.01. The van der Waals surface area contributed by atoms with Crippen LogP contribution in [-0.4, -0.2) is 35.6 Å². The van der Waals surface area contributed by atoms with E-state index in [9.17, 15) is 4.79 Å². The number of carbonyl (C=O) groups excluding carboxylic acids is 1. The fourth-order valence-corrected chi connectivity index (χ4v) is 3.58. The smallest absolute Gasteiger partial charge is 0.257 e. The van der Waals surface area contributed by atoms with Crippen molar-refractivity contribution >= 4 is 23.6 Å². The van der Waals surface area contributed by atoms with Crippen molar-refractivity contribution < 1.29 is 4.79 Å². The molecule has 0 bridgehead atoms. The first-order chi connectivity index (χ1) is 16.7. The number of benzene rings is 1. The summed E-state index contributed by atoms with van der Waals surface area (Å²) in [6.07, 6.45) is 5.41. The van der Waals surface area contributed by atoms with Crippen LogP contribution in [0.25, 0.3) is 0 Å². The lowest BCUT2D eigenvalue weighted by molar-refractivity contribution is 0.102. The number of nitrogens with one attached hydrogen (secondary N) is 4. The largest absolute Gasteiger partial charge is 0.379 e. The summed E-state index contributed by atoms with van der Waals surface area (Å²) < 4.78 is 0. The zero-order valence-electron chi connectivity index (χ0n) is 21.5. The second kappa shape index (κ2) is 11.7. The molecule has 4 N–H and O–H groups in total. The standard InChI is InChI=1S/C27H37N7O/c1-8-34(7)16-25(17(2)3)28-14-18(4)30-19(5)21-10-9-11-23(12-21)31-27(35)22-13-24-20(6)32-33-26(24)29-15-22/h9-17,19-20,30,32H,4,8H2,1-3,5-7H3,(H,29,33)(H,31,35)/b25-16+,28-14?/t19-,20?/m0/s1. The first kappa shape index (κ1) is 26.0. The molecule has 2 heterocycles. The van der Waals surface area contributed by atoms with Gasteiger partial charge in [-0.05, 0) is 50.5 Å². The number of carbonyl (C=O) groups is 1. The minimum atomic E-state index is -0.196. The van der Waals surface area contributed by atoms with Gasteiger partial charge in [0.25, 0.3) is 5.91 Å². The fourth-order valence-electron chi connectivity index (χ4n) is 3.58. The molecule has 1 amide bonds. The Morgan fingerprint density at radius 3 is 2.80 bits per heavy atom. The van der Waals surface area contributed by atoms with Crippen molar-refractivity contribution in [3.05, 3.63) is 77.4 Å². The molecule has 1 aliphatic rings. The number of fused-ring (bicyclic) bond motifs is 1. The maximum Gasteiger partial charge on any atom is 0.257 e. The van der Waals surface area contributed by atoms with Gasteiger partial charge in [-0.2, -0.15) is 0 Å². The maximum atomic E-state index is 12.8. The van der Waals surface area contributed by atoms with E-state index in [2.05, 4.69) is 76.8 Å². The molecule has 0 fully saturated rings. The van der Waals surface area contributed by atoms with E-state index in [4.69, 9.17) is 0 Å². The maximum absolute atomic E-state index is 12.8. The van der Waals surface area contributed by atoms with Crippen molar-refractivity contribution in [2.75, 3.05) is 24.3 Å². The Labute approximate surface area is 208 Å². The molecule has 8 nitrogen and oxygen atoms in total. The number of anilines is 2. The van der Waals surface area contributed by atoms with Crippen LogP contribution in [-0.2, 0) is 0 Å². The highest BCUT2D eigenvalue weighted by Gasteiger charge is 2.21. The van der Waals surface area contributed by atoms with Crippen LogP contribution in [0.15, 0.2) is 65.7 Å². The highest BCUT2D eigenvalue weighted by atomic mass is 16.1. The quantitative estimate of drug-likeness (QED) is 0.361. The molecular weight excluding hydrogens is 438 g/mol. The molecule has 0 spiro atoms. The normalized spacial score (nSPS) is 16.1. The molecule has 3 rings (SSSR count). The van der Waals surface area contributed by atoms with Gasteiger partial charge in [-0.3, -0.25) is 9.79 Å². The number of allylic oxidation sites excluding steroid dienone is 2. The van der Waals surface area contributed by atoms with E-state index < -0.39 is 0 Å². The van der Waals surface area contributed by atoms with Gasteiger partial charge >= 0.3 is 0 Å². The Morgan fingerprint density at radius 2 is 2.09 bits per heavy atom. The van der Waals surface area contributed by atoms with Gasteiger partial charge in [0.2, 0.25) is 0 Å². The number of pyridine rings is 1. The molecule has 1 aromatic carbocycles. The van der Waals surface area contributed by atoms with Crippen molar-refractivity contribution in [1.82, 2.24) is 20.6 Å². The summed E-state index contributed by atoms with van der Waals surface area (Å²) in [5.41, 5.74) is 11.1. The summed E-state index contributed by atoms with van der Waals surface area (Å²) in [6, 6.07) is 9.72. The van der Waals surface area contributed by atoms with Crippen LogP contribution in [0.5, 0.6) is 0 Å². The minimum Gasteiger partial charge on any atom is -0.379 e. The van der Waals surface area contributed by atoms with Gasteiger partial charge in [0.1, 0.15) is 5.82 Å². The van der Waals surface area contributed by atoms with E-state index in [1.807, 2.05) is 44.3 Å². The van der Waals surface area contributed by atoms with E-state index in [-0.39, 0.29) is 18.0 Å². The lowest BCUT2D eigenvalue weighted by atomic mass is 10.1. The molecular formula is C27H37N7O. The topological polar surface area (TPSA) is 93.7 Å². The van der Waals surface area contributed by atoms with Crippen LogP contribution in [0.1, 0.15) is 68.2 Å². The van der Waals surface area contributed by atoms with E-state index in [1.54, 1.807) is 12.4 Å². The molecule has 8 heteroatoms. The van der Waals surface area contributed by atoms with Crippen LogP contribution in [0, 0.1) is 5.92 Å². The molecule has 0 aliphatic carbocycles. The highest BCUT2D eigenvalue weighted by Crippen LogP contribution is 2.27. The SMILES string of the molecule is C=C(C=N/C(=C/N(C)CC)C(C)C)N[C@@H](C)c1cccc(NC(=O)c2cnc3c(c2)C(C)NN3)c1. The van der Waals surface area contributed by atoms with Crippen molar-refractivity contribution in [2.45, 2.75) is 46.7 Å². The van der Waals surface area contributed by atoms with E-state index in [1.165, 1.54) is 0 Å². The van der Waals surface area contributed by atoms with Crippen LogP contribution in [0.4, 0.5) is 11.5 Å². The molecule has 1 aromatic heterocycles. The van der Waals surface area contributed by atoms with Gasteiger partial charge in [0.05, 0.1) is 17.3 Å². The third-order valence-corrected chi connectivity index (χ3v) is 5.91. The first-order valence-corrected chi connectivity index (χ1v) is 12.0. The summed E-state index contributed by atoms with van der Waals surface area (Å²) >= 11 is 0. The van der Waals surface area contributed by atoms with Crippen molar-refractivity contribution in [3.63, 3.8) is 0 Å². The Kier molecular flexibility index (Phi) is 8.65. The Morgan fingerprint density at radius 1 is 1.31 bits per heavy atom. The summed E-state index contributed by atoms with van der Waals surface area (Å²) in [7, 11) is 2.04. The number of hydrogen-bond acceptors (Lipinski definition) is 7. The third-order valence-electron chi connectivity index (χ3n) is 5.91. The highest BCUT2D eigenvalue weighted by molar-refractivity contribution is 6.04. The fraction of sp³-hybridized carbons (Fsp3) is 0.370. The Hall–Kier alpha value is -3.65. The van der Waals surface area contributed by atoms with Gasteiger partial charge in [-0.25, -0.2) is 10.4 Å². The van der Waals surface area contributed by atoms with Crippen molar-refractivity contribution in [2.24, 2.45) is 10.9 Å². The van der Waals surface area contributed by atoms with Crippen LogP contribution in [0.3, 0.4) is 0 Å². The van der Waals surface area contributed by atoms with E-state index in [0.717, 1.165) is 40.6 Å². The lowest BCUT2D eigenvalue weighted by Crippen LogP contribution is -2.19. The van der Waals surface area contributed by atoms with Gasteiger partial charge in [0.15, 0.2) is 0 Å². The van der Waals surface area contributed by atoms with Gasteiger partial charge in [-0.1, -0.05) is 32.6 Å². The number of hydrogen-bond donors (Lipinski definition) is 4. The van der Waals surface area contributed by atoms with Crippen LogP contribution in [0.2, 0.25) is 0 Å². The number of hydrazine groups is 1. The zero-order valence-corrected chi connectivity index (χ0v) is 21.5. The third kappa shape index (κ3) is 6.93. The number of amides is 1. The Bertz CT molecular complexity index is 1120. The number of aromatic nitrogens is 1. The number of rotatable bonds is 10. The van der Waals surface area contributed by atoms with Crippen molar-refractivity contribution in [3.8, 4) is 0 Å². The summed E-state index contributed by atoms with van der Waals surface area (Å²) in [6.45, 7) is 15.5. The average molecular weight is 476 g/mol. The number of aliphatic imine (C=N–C) groups is 1. The lowest BCUT2D eigenvalue weighted by Gasteiger charge is -2.17. The molecule has 2 aromatic rings. The molecule has 1 aliphatic heterocycles. The minimum absolute atomic E-state index is 0.0183. The van der Waals surface area contributed by atoms with Gasteiger partial charge in [0, 0.05) is 55.2 Å². The molecule has 0 radical (unpaired) electrons. The zero-order chi connectivity index (χ0) is 25.5. The van der Waals surface area contributed by atoms with Crippen LogP contribution < -0.4 is 21.5 Å². The molecule has 0 saturated heterocycles. The van der Waals surface area contributed by atoms with Crippen molar-refractivity contribution in [1.29, 1.82) is 0 Å². The molecule has 35 heavy (non-hydrogen) atoms. The van der Waals surface area contributed by atoms with Crippen LogP contribution >= 0.6 is 0 Å². The Balaban J connectivity index is 1.64. The average Bonchev–Trinajstić information content (AvgIpc) is 3.21. The second-order valence-corrected chi connectivity index (χ2v) is 9.16. The summed E-state index contributed by atoms with van der Waals surface area (Å²) in [4.78, 5) is 23.9. The van der Waals surface area contributed by atoms with Gasteiger partial charge in [-0.15, -0.1) is 0 Å². The molecule has 2 atom stereocenters. The second-order valence-electron chi connectivity index (χ2n) is 9.16. The van der Waals surface area contributed by atoms with E-state index >= 15 is 0 Å². The molecule has 0 saturated carbocycles. The monoisotopic (exact) mass is 475 g/mol. The molecule has 186 valence electrons. The van der Waals surface area contributed by atoms with E-state index in [0.29, 0.717) is 11.5 Å². The molecule has 1 unspecified atom stereocenters.